The number of benzene rings is 1. The standard InChI is InChI=1S/C22H20Cl2N4O2S/c1-13(22-17(23)11-27-12-18(22)24)30-15-5-7-20(26)16(9-15)19(25)6-3-14-4-8-21(28-10-14)31(2)29/h3-13,25H,26H2,1-2H3/b6-3+,25-19?. The highest BCUT2D eigenvalue weighted by Gasteiger charge is 2.16. The molecule has 31 heavy (non-hydrogen) atoms. The van der Waals surface area contributed by atoms with Crippen LogP contribution in [0.15, 0.2) is 60.0 Å². The summed E-state index contributed by atoms with van der Waals surface area (Å²) in [6.45, 7) is 1.83. The lowest BCUT2D eigenvalue weighted by Crippen LogP contribution is -2.07. The quantitative estimate of drug-likeness (QED) is 0.356. The summed E-state index contributed by atoms with van der Waals surface area (Å²) in [7, 11) is -1.14. The van der Waals surface area contributed by atoms with Gasteiger partial charge in [-0.05, 0) is 42.8 Å². The van der Waals surface area contributed by atoms with Gasteiger partial charge in [0, 0.05) is 41.7 Å². The fourth-order valence-electron chi connectivity index (χ4n) is 2.84. The van der Waals surface area contributed by atoms with Crippen molar-refractivity contribution in [3.8, 4) is 5.75 Å². The second-order valence-electron chi connectivity index (χ2n) is 6.66. The van der Waals surface area contributed by atoms with Crippen LogP contribution in [0.4, 0.5) is 5.69 Å². The van der Waals surface area contributed by atoms with Gasteiger partial charge in [0.05, 0.1) is 26.6 Å². The van der Waals surface area contributed by atoms with E-state index in [0.29, 0.717) is 37.6 Å². The molecule has 0 spiro atoms. The van der Waals surface area contributed by atoms with Crippen molar-refractivity contribution in [1.29, 1.82) is 5.41 Å². The van der Waals surface area contributed by atoms with Crippen LogP contribution in [0.25, 0.3) is 6.08 Å². The zero-order chi connectivity index (χ0) is 22.5. The van der Waals surface area contributed by atoms with Gasteiger partial charge >= 0.3 is 0 Å². The van der Waals surface area contributed by atoms with Gasteiger partial charge in [-0.1, -0.05) is 35.3 Å². The predicted molar refractivity (Wildman–Crippen MR) is 127 cm³/mol. The molecular formula is C22H20Cl2N4O2S. The molecule has 9 heteroatoms. The highest BCUT2D eigenvalue weighted by molar-refractivity contribution is 7.84. The van der Waals surface area contributed by atoms with E-state index >= 15 is 0 Å². The van der Waals surface area contributed by atoms with Gasteiger partial charge in [0.1, 0.15) is 16.9 Å². The van der Waals surface area contributed by atoms with E-state index in [1.54, 1.807) is 54.9 Å². The van der Waals surface area contributed by atoms with Gasteiger partial charge in [-0.25, -0.2) is 4.98 Å². The number of hydrogen-bond acceptors (Lipinski definition) is 6. The van der Waals surface area contributed by atoms with Gasteiger partial charge < -0.3 is 15.9 Å². The monoisotopic (exact) mass is 474 g/mol. The SMILES string of the molecule is CC(Oc1ccc(N)c(C(=N)/C=C/c2ccc(S(C)=O)nc2)c1)c1c(Cl)cncc1Cl. The normalized spacial score (nSPS) is 13.2. The number of ether oxygens (including phenoxy) is 1. The molecule has 0 fully saturated rings. The van der Waals surface area contributed by atoms with Gasteiger partial charge in [-0.15, -0.1) is 0 Å². The number of rotatable bonds is 7. The number of allylic oxidation sites excluding steroid dienone is 1. The molecule has 1 aromatic carbocycles. The predicted octanol–water partition coefficient (Wildman–Crippen LogP) is 5.32. The third-order valence-electron chi connectivity index (χ3n) is 4.42. The van der Waals surface area contributed by atoms with Crippen LogP contribution < -0.4 is 10.5 Å². The van der Waals surface area contributed by atoms with E-state index in [1.807, 2.05) is 6.92 Å². The third-order valence-corrected chi connectivity index (χ3v) is 5.85. The number of halogens is 2. The van der Waals surface area contributed by atoms with Crippen molar-refractivity contribution in [3.63, 3.8) is 0 Å². The molecule has 0 saturated heterocycles. The maximum absolute atomic E-state index is 11.4. The summed E-state index contributed by atoms with van der Waals surface area (Å²) >= 11 is 12.4. The molecule has 160 valence electrons. The second kappa shape index (κ2) is 10.0. The van der Waals surface area contributed by atoms with Crippen molar-refractivity contribution < 1.29 is 8.95 Å². The maximum Gasteiger partial charge on any atom is 0.126 e. The highest BCUT2D eigenvalue weighted by atomic mass is 35.5. The van der Waals surface area contributed by atoms with Crippen molar-refractivity contribution in [1.82, 2.24) is 9.97 Å². The van der Waals surface area contributed by atoms with Gasteiger partial charge in [-0.2, -0.15) is 0 Å². The highest BCUT2D eigenvalue weighted by Crippen LogP contribution is 2.33. The summed E-state index contributed by atoms with van der Waals surface area (Å²) in [6.07, 6.45) is 9.13. The van der Waals surface area contributed by atoms with E-state index in [2.05, 4.69) is 9.97 Å². The van der Waals surface area contributed by atoms with Crippen molar-refractivity contribution in [2.24, 2.45) is 0 Å². The van der Waals surface area contributed by atoms with Gasteiger partial charge in [0.15, 0.2) is 0 Å². The molecule has 3 N–H and O–H groups in total. The molecule has 0 saturated carbocycles. The van der Waals surface area contributed by atoms with Crippen LogP contribution in [0.2, 0.25) is 10.0 Å². The molecule has 2 aromatic heterocycles. The van der Waals surface area contributed by atoms with E-state index < -0.39 is 16.9 Å². The number of anilines is 1. The summed E-state index contributed by atoms with van der Waals surface area (Å²) in [5.41, 5.74) is 8.67. The summed E-state index contributed by atoms with van der Waals surface area (Å²) in [5, 5.41) is 9.73. The van der Waals surface area contributed by atoms with Crippen molar-refractivity contribution in [2.45, 2.75) is 18.1 Å². The average molecular weight is 475 g/mol. The first-order valence-electron chi connectivity index (χ1n) is 9.18. The number of hydrogen-bond donors (Lipinski definition) is 2. The summed E-state index contributed by atoms with van der Waals surface area (Å²) in [4.78, 5) is 8.09. The molecule has 2 heterocycles. The summed E-state index contributed by atoms with van der Waals surface area (Å²) in [6, 6.07) is 8.59. The smallest absolute Gasteiger partial charge is 0.126 e. The second-order valence-corrected chi connectivity index (χ2v) is 8.80. The van der Waals surface area contributed by atoms with E-state index in [9.17, 15) is 4.21 Å². The molecule has 2 atom stereocenters. The number of nitrogen functional groups attached to an aromatic ring is 1. The van der Waals surface area contributed by atoms with E-state index in [4.69, 9.17) is 39.1 Å². The Morgan fingerprint density at radius 2 is 1.90 bits per heavy atom. The Hall–Kier alpha value is -2.74. The van der Waals surface area contributed by atoms with Gasteiger partial charge in [0.25, 0.3) is 0 Å². The zero-order valence-corrected chi connectivity index (χ0v) is 19.1. The molecule has 0 bridgehead atoms. The number of pyridine rings is 2. The van der Waals surface area contributed by atoms with Crippen LogP contribution in [0, 0.1) is 5.41 Å². The number of nitrogens with one attached hydrogen (secondary N) is 1. The largest absolute Gasteiger partial charge is 0.486 e. The molecule has 0 aliphatic carbocycles. The zero-order valence-electron chi connectivity index (χ0n) is 16.8. The Kier molecular flexibility index (Phi) is 7.43. The minimum Gasteiger partial charge on any atom is -0.486 e. The maximum atomic E-state index is 11.4. The summed E-state index contributed by atoms with van der Waals surface area (Å²) in [5.74, 6) is 0.523. The molecule has 3 aromatic rings. The third kappa shape index (κ3) is 5.70. The molecule has 2 unspecified atom stereocenters. The lowest BCUT2D eigenvalue weighted by molar-refractivity contribution is 0.227. The molecule has 6 nitrogen and oxygen atoms in total. The first-order chi connectivity index (χ1) is 14.8. The number of nitrogens with zero attached hydrogens (tertiary/aromatic N) is 2. The lowest BCUT2D eigenvalue weighted by atomic mass is 10.1. The molecule has 0 radical (unpaired) electrons. The molecular weight excluding hydrogens is 455 g/mol. The Labute approximate surface area is 193 Å². The van der Waals surface area contributed by atoms with Crippen LogP contribution in [-0.2, 0) is 10.8 Å². The average Bonchev–Trinajstić information content (AvgIpc) is 2.73. The lowest BCUT2D eigenvalue weighted by Gasteiger charge is -2.18. The molecule has 0 aliphatic rings. The fraction of sp³-hybridized carbons (Fsp3) is 0.136. The van der Waals surface area contributed by atoms with Crippen LogP contribution in [0.5, 0.6) is 5.75 Å². The fourth-order valence-corrected chi connectivity index (χ4v) is 3.98. The van der Waals surface area contributed by atoms with Crippen molar-refractivity contribution in [3.05, 3.63) is 81.7 Å². The van der Waals surface area contributed by atoms with Crippen molar-refractivity contribution in [2.75, 3.05) is 12.0 Å². The van der Waals surface area contributed by atoms with E-state index in [-0.39, 0.29) is 5.71 Å². The topological polar surface area (TPSA) is 102 Å². The minimum atomic E-state index is -1.14. The van der Waals surface area contributed by atoms with Crippen LogP contribution in [0.1, 0.15) is 29.7 Å². The van der Waals surface area contributed by atoms with E-state index in [1.165, 1.54) is 12.4 Å². The first-order valence-corrected chi connectivity index (χ1v) is 11.5. The summed E-state index contributed by atoms with van der Waals surface area (Å²) < 4.78 is 17.4. The Balaban J connectivity index is 1.78. The Bertz CT molecular complexity index is 1150. The minimum absolute atomic E-state index is 0.207. The van der Waals surface area contributed by atoms with Crippen LogP contribution in [-0.4, -0.2) is 26.1 Å². The number of nitrogens with two attached hydrogens (primary N) is 1. The molecule has 3 rings (SSSR count). The van der Waals surface area contributed by atoms with E-state index in [0.717, 1.165) is 5.56 Å². The Morgan fingerprint density at radius 1 is 1.19 bits per heavy atom. The first kappa shape index (κ1) is 22.9. The van der Waals surface area contributed by atoms with Gasteiger partial charge in [-0.3, -0.25) is 9.19 Å². The van der Waals surface area contributed by atoms with Crippen LogP contribution >= 0.6 is 23.2 Å². The number of aromatic nitrogens is 2. The van der Waals surface area contributed by atoms with Gasteiger partial charge in [0.2, 0.25) is 0 Å². The molecule has 0 amide bonds. The Morgan fingerprint density at radius 3 is 2.52 bits per heavy atom. The molecule has 0 aliphatic heterocycles. The van der Waals surface area contributed by atoms with Crippen molar-refractivity contribution >= 4 is 51.5 Å². The van der Waals surface area contributed by atoms with Crippen LogP contribution in [0.3, 0.4) is 0 Å².